The van der Waals surface area contributed by atoms with Gasteiger partial charge in [0.1, 0.15) is 0 Å². The molecule has 94 valence electrons. The van der Waals surface area contributed by atoms with Crippen LogP contribution in [0.1, 0.15) is 22.8 Å². The second kappa shape index (κ2) is 5.87. The Balaban J connectivity index is 2.22. The first kappa shape index (κ1) is 13.6. The summed E-state index contributed by atoms with van der Waals surface area (Å²) in [6, 6.07) is 13.5. The van der Waals surface area contributed by atoms with Gasteiger partial charge in [0.2, 0.25) is 0 Å². The van der Waals surface area contributed by atoms with Crippen LogP contribution in [0.25, 0.3) is 0 Å². The number of aliphatic hydroxyl groups excluding tert-OH is 1. The fraction of sp³-hybridized carbons (Fsp3) is 0.200. The summed E-state index contributed by atoms with van der Waals surface area (Å²) in [5, 5.41) is 11.0. The number of halogens is 2. The molecule has 0 fully saturated rings. The van der Waals surface area contributed by atoms with Crippen LogP contribution in [0.5, 0.6) is 0 Å². The molecule has 0 bridgehead atoms. The van der Waals surface area contributed by atoms with Crippen LogP contribution < -0.4 is 0 Å². The zero-order chi connectivity index (χ0) is 13.1. The molecule has 1 atom stereocenters. The van der Waals surface area contributed by atoms with Gasteiger partial charge < -0.3 is 5.11 Å². The predicted molar refractivity (Wildman–Crippen MR) is 79.0 cm³/mol. The van der Waals surface area contributed by atoms with E-state index in [-0.39, 0.29) is 0 Å². The molecule has 18 heavy (non-hydrogen) atoms. The van der Waals surface area contributed by atoms with Crippen molar-refractivity contribution in [3.05, 3.63) is 68.7 Å². The Morgan fingerprint density at radius 3 is 2.61 bits per heavy atom. The van der Waals surface area contributed by atoms with E-state index in [2.05, 4.69) is 15.9 Å². The molecule has 0 aromatic heterocycles. The molecule has 0 amide bonds. The van der Waals surface area contributed by atoms with Gasteiger partial charge in [-0.25, -0.2) is 0 Å². The maximum Gasteiger partial charge on any atom is 0.0833 e. The molecule has 0 saturated carbocycles. The van der Waals surface area contributed by atoms with Crippen molar-refractivity contribution in [2.45, 2.75) is 19.4 Å². The van der Waals surface area contributed by atoms with Crippen LogP contribution in [0.15, 0.2) is 46.9 Å². The van der Waals surface area contributed by atoms with Crippen LogP contribution in [0.4, 0.5) is 0 Å². The van der Waals surface area contributed by atoms with Crippen LogP contribution in [-0.4, -0.2) is 5.11 Å². The third-order valence-electron chi connectivity index (χ3n) is 2.96. The molecule has 2 aromatic carbocycles. The van der Waals surface area contributed by atoms with Crippen LogP contribution in [-0.2, 0) is 6.42 Å². The van der Waals surface area contributed by atoms with Gasteiger partial charge in [0.05, 0.1) is 6.10 Å². The van der Waals surface area contributed by atoms with E-state index in [4.69, 9.17) is 11.6 Å². The van der Waals surface area contributed by atoms with Crippen LogP contribution in [0.3, 0.4) is 0 Å². The van der Waals surface area contributed by atoms with E-state index in [9.17, 15) is 5.11 Å². The van der Waals surface area contributed by atoms with Gasteiger partial charge in [-0.2, -0.15) is 0 Å². The number of benzene rings is 2. The first-order valence-electron chi connectivity index (χ1n) is 5.75. The minimum absolute atomic E-state index is 0.530. The van der Waals surface area contributed by atoms with Crippen molar-refractivity contribution in [1.29, 1.82) is 0 Å². The maximum absolute atomic E-state index is 10.3. The Morgan fingerprint density at radius 1 is 1.22 bits per heavy atom. The van der Waals surface area contributed by atoms with Gasteiger partial charge in [-0.1, -0.05) is 51.8 Å². The van der Waals surface area contributed by atoms with Crippen molar-refractivity contribution < 1.29 is 5.11 Å². The molecule has 2 rings (SSSR count). The monoisotopic (exact) mass is 324 g/mol. The summed E-state index contributed by atoms with van der Waals surface area (Å²) in [6.07, 6.45) is 0.000277. The number of rotatable bonds is 3. The molecule has 3 heteroatoms. The summed E-state index contributed by atoms with van der Waals surface area (Å²) in [7, 11) is 0. The average molecular weight is 326 g/mol. The Bertz CT molecular complexity index is 554. The Morgan fingerprint density at radius 2 is 1.94 bits per heavy atom. The van der Waals surface area contributed by atoms with Crippen molar-refractivity contribution >= 4 is 27.5 Å². The molecule has 0 aliphatic rings. The second-order valence-electron chi connectivity index (χ2n) is 4.31. The van der Waals surface area contributed by atoms with Crippen molar-refractivity contribution in [1.82, 2.24) is 0 Å². The van der Waals surface area contributed by atoms with Crippen molar-refractivity contribution in [2.24, 2.45) is 0 Å². The fourth-order valence-electron chi connectivity index (χ4n) is 2.00. The lowest BCUT2D eigenvalue weighted by atomic mass is 9.98. The SMILES string of the molecule is Cc1cc(Br)ccc1C(O)Cc1ccccc1Cl. The standard InChI is InChI=1S/C15H14BrClO/c1-10-8-12(16)6-7-13(10)15(18)9-11-4-2-3-5-14(11)17/h2-8,15,18H,9H2,1H3. The minimum atomic E-state index is -0.530. The van der Waals surface area contributed by atoms with Crippen LogP contribution >= 0.6 is 27.5 Å². The maximum atomic E-state index is 10.3. The van der Waals surface area contributed by atoms with E-state index in [1.807, 2.05) is 49.4 Å². The summed E-state index contributed by atoms with van der Waals surface area (Å²) in [5.74, 6) is 0. The molecular weight excluding hydrogens is 312 g/mol. The largest absolute Gasteiger partial charge is 0.388 e. The van der Waals surface area contributed by atoms with E-state index in [0.29, 0.717) is 11.4 Å². The number of aryl methyl sites for hydroxylation is 1. The molecule has 0 aliphatic heterocycles. The average Bonchev–Trinajstić information content (AvgIpc) is 2.32. The molecule has 1 nitrogen and oxygen atoms in total. The second-order valence-corrected chi connectivity index (χ2v) is 5.64. The van der Waals surface area contributed by atoms with Gasteiger partial charge in [0.15, 0.2) is 0 Å². The molecular formula is C15H14BrClO. The molecule has 0 heterocycles. The number of aliphatic hydroxyl groups is 1. The summed E-state index contributed by atoms with van der Waals surface area (Å²) in [6.45, 7) is 2.00. The van der Waals surface area contributed by atoms with E-state index in [0.717, 1.165) is 21.2 Å². The summed E-state index contributed by atoms with van der Waals surface area (Å²) in [4.78, 5) is 0. The van der Waals surface area contributed by atoms with E-state index in [1.165, 1.54) is 0 Å². The highest BCUT2D eigenvalue weighted by molar-refractivity contribution is 9.10. The summed E-state index contributed by atoms with van der Waals surface area (Å²) in [5.41, 5.74) is 2.98. The first-order valence-corrected chi connectivity index (χ1v) is 6.92. The quantitative estimate of drug-likeness (QED) is 0.868. The molecule has 0 spiro atoms. The third kappa shape index (κ3) is 3.14. The molecule has 0 aliphatic carbocycles. The first-order chi connectivity index (χ1) is 8.58. The van der Waals surface area contributed by atoms with Gasteiger partial charge in [-0.05, 0) is 41.8 Å². The van der Waals surface area contributed by atoms with E-state index in [1.54, 1.807) is 0 Å². The smallest absolute Gasteiger partial charge is 0.0833 e. The molecule has 0 radical (unpaired) electrons. The van der Waals surface area contributed by atoms with Gasteiger partial charge >= 0.3 is 0 Å². The predicted octanol–water partition coefficient (Wildman–Crippen LogP) is 4.69. The molecule has 0 saturated heterocycles. The molecule has 1 N–H and O–H groups in total. The third-order valence-corrected chi connectivity index (χ3v) is 3.82. The summed E-state index contributed by atoms with van der Waals surface area (Å²) >= 11 is 9.52. The van der Waals surface area contributed by atoms with Gasteiger partial charge in [-0.15, -0.1) is 0 Å². The Hall–Kier alpha value is -0.830. The fourth-order valence-corrected chi connectivity index (χ4v) is 2.68. The number of hydrogen-bond acceptors (Lipinski definition) is 1. The highest BCUT2D eigenvalue weighted by atomic mass is 79.9. The Labute approximate surface area is 121 Å². The minimum Gasteiger partial charge on any atom is -0.388 e. The van der Waals surface area contributed by atoms with Crippen LogP contribution in [0.2, 0.25) is 5.02 Å². The summed E-state index contributed by atoms with van der Waals surface area (Å²) < 4.78 is 1.02. The highest BCUT2D eigenvalue weighted by Gasteiger charge is 2.12. The van der Waals surface area contributed by atoms with Crippen molar-refractivity contribution in [2.75, 3.05) is 0 Å². The zero-order valence-corrected chi connectivity index (χ0v) is 12.4. The molecule has 1 unspecified atom stereocenters. The topological polar surface area (TPSA) is 20.2 Å². The van der Waals surface area contributed by atoms with E-state index >= 15 is 0 Å². The lowest BCUT2D eigenvalue weighted by molar-refractivity contribution is 0.177. The normalized spacial score (nSPS) is 12.4. The van der Waals surface area contributed by atoms with Gasteiger partial charge in [0, 0.05) is 15.9 Å². The number of hydrogen-bond donors (Lipinski definition) is 1. The van der Waals surface area contributed by atoms with E-state index < -0.39 is 6.10 Å². The van der Waals surface area contributed by atoms with Gasteiger partial charge in [0.25, 0.3) is 0 Å². The zero-order valence-electron chi connectivity index (χ0n) is 10.0. The lowest BCUT2D eigenvalue weighted by Crippen LogP contribution is -2.04. The van der Waals surface area contributed by atoms with Crippen molar-refractivity contribution in [3.8, 4) is 0 Å². The van der Waals surface area contributed by atoms with Crippen LogP contribution in [0, 0.1) is 6.92 Å². The lowest BCUT2D eigenvalue weighted by Gasteiger charge is -2.15. The highest BCUT2D eigenvalue weighted by Crippen LogP contribution is 2.26. The molecule has 2 aromatic rings. The van der Waals surface area contributed by atoms with Crippen molar-refractivity contribution in [3.63, 3.8) is 0 Å². The van der Waals surface area contributed by atoms with Gasteiger partial charge in [-0.3, -0.25) is 0 Å². The Kier molecular flexibility index (Phi) is 4.44.